The Morgan fingerprint density at radius 1 is 1.14 bits per heavy atom. The number of para-hydroxylation sites is 1. The Hall–Kier alpha value is -3.88. The number of carbonyl (C=O) groups is 1. The molecule has 0 saturated carbocycles. The molecule has 2 N–H and O–H groups in total. The van der Waals surface area contributed by atoms with Gasteiger partial charge in [0.25, 0.3) is 5.89 Å². The minimum Gasteiger partial charge on any atom is -0.493 e. The maximum Gasteiger partial charge on any atom is 0.320 e. The smallest absolute Gasteiger partial charge is 0.320 e. The van der Waals surface area contributed by atoms with Crippen molar-refractivity contribution in [3.63, 3.8) is 0 Å². The van der Waals surface area contributed by atoms with Crippen molar-refractivity contribution in [1.82, 2.24) is 15.5 Å². The predicted octanol–water partition coefficient (Wildman–Crippen LogP) is 5.93. The molecule has 192 valence electrons. The lowest BCUT2D eigenvalue weighted by atomic mass is 10.1. The number of nitrogens with one attached hydrogen (secondary N) is 2. The second-order valence-corrected chi connectivity index (χ2v) is 8.57. The Bertz CT molecular complexity index is 1150. The van der Waals surface area contributed by atoms with E-state index in [4.69, 9.17) is 13.9 Å². The highest BCUT2D eigenvalue weighted by atomic mass is 19.1. The lowest BCUT2D eigenvalue weighted by Crippen LogP contribution is -2.22. The number of ether oxygens (including phenoxy) is 2. The lowest BCUT2D eigenvalue weighted by Gasteiger charge is -2.12. The molecule has 0 fully saturated rings. The maximum absolute atomic E-state index is 13.8. The summed E-state index contributed by atoms with van der Waals surface area (Å²) in [7, 11) is 1.54. The van der Waals surface area contributed by atoms with Crippen molar-refractivity contribution in [2.75, 3.05) is 12.4 Å². The van der Waals surface area contributed by atoms with Crippen LogP contribution < -0.4 is 20.1 Å². The standard InChI is InChI=1S/C27H33FN4O4/c1-19(2)10-6-4-5-7-13-25(33)29-17-20-14-15-23(24(16-20)34-3)35-18-26-31-32-27(36-26)30-22-12-9-8-11-21(22)28/h6,8-12,14-16,19H,4-5,7,13,17-18H2,1-3H3,(H,29,33)(H,30,32)/b10-6+. The molecular weight excluding hydrogens is 463 g/mol. The second kappa shape index (κ2) is 13.9. The van der Waals surface area contributed by atoms with Crippen LogP contribution in [0.2, 0.25) is 0 Å². The van der Waals surface area contributed by atoms with Gasteiger partial charge in [-0.15, -0.1) is 5.10 Å². The molecule has 1 aromatic heterocycles. The molecule has 0 saturated heterocycles. The van der Waals surface area contributed by atoms with Crippen LogP contribution in [0.3, 0.4) is 0 Å². The van der Waals surface area contributed by atoms with E-state index in [1.165, 1.54) is 6.07 Å². The summed E-state index contributed by atoms with van der Waals surface area (Å²) in [4.78, 5) is 12.1. The van der Waals surface area contributed by atoms with Crippen molar-refractivity contribution in [2.45, 2.75) is 52.7 Å². The summed E-state index contributed by atoms with van der Waals surface area (Å²) >= 11 is 0. The lowest BCUT2D eigenvalue weighted by molar-refractivity contribution is -0.121. The van der Waals surface area contributed by atoms with Gasteiger partial charge in [0, 0.05) is 13.0 Å². The van der Waals surface area contributed by atoms with Gasteiger partial charge < -0.3 is 24.5 Å². The maximum atomic E-state index is 13.8. The van der Waals surface area contributed by atoms with E-state index < -0.39 is 5.82 Å². The van der Waals surface area contributed by atoms with Crippen molar-refractivity contribution in [3.8, 4) is 11.5 Å². The molecule has 1 heterocycles. The summed E-state index contributed by atoms with van der Waals surface area (Å²) in [5, 5.41) is 13.4. The van der Waals surface area contributed by atoms with Gasteiger partial charge in [0.2, 0.25) is 5.91 Å². The van der Waals surface area contributed by atoms with E-state index in [1.807, 2.05) is 12.1 Å². The quantitative estimate of drug-likeness (QED) is 0.211. The third-order valence-electron chi connectivity index (χ3n) is 5.20. The zero-order valence-corrected chi connectivity index (χ0v) is 20.9. The molecule has 0 aliphatic heterocycles. The number of nitrogens with zero attached hydrogens (tertiary/aromatic N) is 2. The highest BCUT2D eigenvalue weighted by molar-refractivity contribution is 5.75. The summed E-state index contributed by atoms with van der Waals surface area (Å²) in [6.45, 7) is 4.70. The fraction of sp³-hybridized carbons (Fsp3) is 0.370. The molecule has 36 heavy (non-hydrogen) atoms. The van der Waals surface area contributed by atoms with Crippen LogP contribution in [0.5, 0.6) is 11.5 Å². The van der Waals surface area contributed by atoms with E-state index in [0.29, 0.717) is 30.4 Å². The van der Waals surface area contributed by atoms with Gasteiger partial charge >= 0.3 is 6.01 Å². The predicted molar refractivity (Wildman–Crippen MR) is 136 cm³/mol. The summed E-state index contributed by atoms with van der Waals surface area (Å²) in [5.74, 6) is 1.38. The summed E-state index contributed by atoms with van der Waals surface area (Å²) in [6.07, 6.45) is 7.72. The third-order valence-corrected chi connectivity index (χ3v) is 5.20. The minimum absolute atomic E-state index is 0.00471. The van der Waals surface area contributed by atoms with Crippen LogP contribution in [0.1, 0.15) is 51.0 Å². The normalized spacial score (nSPS) is 11.1. The van der Waals surface area contributed by atoms with Gasteiger partial charge in [-0.25, -0.2) is 4.39 Å². The third kappa shape index (κ3) is 8.72. The van der Waals surface area contributed by atoms with Crippen LogP contribution >= 0.6 is 0 Å². The zero-order valence-electron chi connectivity index (χ0n) is 20.9. The van der Waals surface area contributed by atoms with Crippen LogP contribution in [0.25, 0.3) is 0 Å². The molecule has 0 atom stereocenters. The molecule has 8 nitrogen and oxygen atoms in total. The van der Waals surface area contributed by atoms with Gasteiger partial charge in [0.05, 0.1) is 12.8 Å². The van der Waals surface area contributed by atoms with E-state index in [1.54, 1.807) is 31.4 Å². The van der Waals surface area contributed by atoms with Crippen LogP contribution in [0.4, 0.5) is 16.1 Å². The topological polar surface area (TPSA) is 98.5 Å². The molecule has 0 spiro atoms. The number of unbranched alkanes of at least 4 members (excludes halogenated alkanes) is 2. The van der Waals surface area contributed by atoms with Gasteiger partial charge in [-0.2, -0.15) is 0 Å². The van der Waals surface area contributed by atoms with E-state index in [2.05, 4.69) is 46.8 Å². The second-order valence-electron chi connectivity index (χ2n) is 8.57. The Morgan fingerprint density at radius 2 is 1.97 bits per heavy atom. The van der Waals surface area contributed by atoms with Gasteiger partial charge in [-0.1, -0.05) is 49.3 Å². The van der Waals surface area contributed by atoms with Gasteiger partial charge in [0.15, 0.2) is 18.1 Å². The zero-order chi connectivity index (χ0) is 25.8. The average Bonchev–Trinajstić information content (AvgIpc) is 3.32. The molecule has 0 bridgehead atoms. The van der Waals surface area contributed by atoms with E-state index in [0.717, 1.165) is 24.8 Å². The van der Waals surface area contributed by atoms with E-state index in [9.17, 15) is 9.18 Å². The number of hydrogen-bond acceptors (Lipinski definition) is 7. The monoisotopic (exact) mass is 496 g/mol. The Balaban J connectivity index is 1.44. The fourth-order valence-electron chi connectivity index (χ4n) is 3.33. The van der Waals surface area contributed by atoms with Crippen LogP contribution in [0, 0.1) is 11.7 Å². The SMILES string of the molecule is COc1cc(CNC(=O)CCCC/C=C/C(C)C)ccc1OCc1nnc(Nc2ccccc2F)o1. The Kier molecular flexibility index (Phi) is 10.3. The molecule has 2 aromatic carbocycles. The molecule has 3 aromatic rings. The number of anilines is 2. The Morgan fingerprint density at radius 3 is 2.75 bits per heavy atom. The first-order valence-corrected chi connectivity index (χ1v) is 12.0. The number of benzene rings is 2. The summed E-state index contributed by atoms with van der Waals surface area (Å²) in [5.41, 5.74) is 1.12. The van der Waals surface area contributed by atoms with Crippen molar-refractivity contribution in [3.05, 3.63) is 71.9 Å². The molecule has 0 radical (unpaired) electrons. The van der Waals surface area contributed by atoms with E-state index in [-0.39, 0.29) is 30.1 Å². The van der Waals surface area contributed by atoms with Crippen molar-refractivity contribution in [2.24, 2.45) is 5.92 Å². The van der Waals surface area contributed by atoms with Gasteiger partial charge in [0.1, 0.15) is 5.82 Å². The first kappa shape index (κ1) is 26.7. The highest BCUT2D eigenvalue weighted by Gasteiger charge is 2.12. The number of aromatic nitrogens is 2. The van der Waals surface area contributed by atoms with Gasteiger partial charge in [-0.05, 0) is 55.0 Å². The molecule has 1 amide bonds. The number of allylic oxidation sites excluding steroid dienone is 2. The van der Waals surface area contributed by atoms with Crippen molar-refractivity contribution >= 4 is 17.6 Å². The number of methoxy groups -OCH3 is 1. The molecular formula is C27H33FN4O4. The van der Waals surface area contributed by atoms with Crippen molar-refractivity contribution in [1.29, 1.82) is 0 Å². The van der Waals surface area contributed by atoms with Gasteiger partial charge in [-0.3, -0.25) is 4.79 Å². The number of amides is 1. The molecule has 3 rings (SSSR count). The molecule has 0 unspecified atom stereocenters. The Labute approximate surface area is 210 Å². The highest BCUT2D eigenvalue weighted by Crippen LogP contribution is 2.29. The minimum atomic E-state index is -0.427. The number of carbonyl (C=O) groups excluding carboxylic acids is 1. The molecule has 0 aliphatic carbocycles. The van der Waals surface area contributed by atoms with E-state index >= 15 is 0 Å². The van der Waals surface area contributed by atoms with Crippen LogP contribution in [0.15, 0.2) is 59.0 Å². The first-order chi connectivity index (χ1) is 17.4. The largest absolute Gasteiger partial charge is 0.493 e. The summed E-state index contributed by atoms with van der Waals surface area (Å²) in [6, 6.07) is 11.7. The fourth-order valence-corrected chi connectivity index (χ4v) is 3.33. The number of rotatable bonds is 14. The average molecular weight is 497 g/mol. The first-order valence-electron chi connectivity index (χ1n) is 12.0. The molecule has 9 heteroatoms. The summed E-state index contributed by atoms with van der Waals surface area (Å²) < 4.78 is 30.4. The molecule has 0 aliphatic rings. The number of hydrogen-bond donors (Lipinski definition) is 2. The van der Waals surface area contributed by atoms with Crippen LogP contribution in [-0.4, -0.2) is 23.2 Å². The van der Waals surface area contributed by atoms with Crippen LogP contribution in [-0.2, 0) is 17.9 Å². The van der Waals surface area contributed by atoms with Crippen molar-refractivity contribution < 1.29 is 23.1 Å². The number of halogens is 1.